The van der Waals surface area contributed by atoms with Crippen LogP contribution >= 0.6 is 0 Å². The second-order valence-electron chi connectivity index (χ2n) is 4.82. The van der Waals surface area contributed by atoms with Crippen molar-refractivity contribution in [2.24, 2.45) is 0 Å². The molecule has 0 bridgehead atoms. The first-order valence-electron chi connectivity index (χ1n) is 6.80. The average Bonchev–Trinajstić information content (AvgIpc) is 2.45. The first-order valence-corrected chi connectivity index (χ1v) is 6.80. The number of carbonyl (C=O) groups excluding carboxylic acids is 2. The molecule has 0 aliphatic rings. The van der Waals surface area contributed by atoms with E-state index in [2.05, 4.69) is 0 Å². The molecule has 0 saturated heterocycles. The molecule has 0 N–H and O–H groups in total. The summed E-state index contributed by atoms with van der Waals surface area (Å²) in [5, 5.41) is 0. The lowest BCUT2D eigenvalue weighted by molar-refractivity contribution is -0.146. The van der Waals surface area contributed by atoms with Gasteiger partial charge in [-0.2, -0.15) is 0 Å². The van der Waals surface area contributed by atoms with E-state index in [1.54, 1.807) is 20.0 Å². The number of nitrogens with zero attached hydrogens (tertiary/aromatic N) is 2. The van der Waals surface area contributed by atoms with Gasteiger partial charge in [0.25, 0.3) is 0 Å². The minimum absolute atomic E-state index is 0.0451. The number of benzene rings is 1. The fourth-order valence-corrected chi connectivity index (χ4v) is 1.66. The molecule has 0 aliphatic heterocycles. The van der Waals surface area contributed by atoms with Crippen LogP contribution in [-0.2, 0) is 14.3 Å². The third kappa shape index (κ3) is 5.69. The lowest BCUT2D eigenvalue weighted by Crippen LogP contribution is -2.31. The van der Waals surface area contributed by atoms with E-state index in [9.17, 15) is 9.59 Å². The van der Waals surface area contributed by atoms with Gasteiger partial charge in [-0.25, -0.2) is 0 Å². The van der Waals surface area contributed by atoms with Crippen molar-refractivity contribution in [3.8, 4) is 0 Å². The standard InChI is InChI=1S/C16H22N2O3/c1-5-21-16(20)12-18(4)15(19)11-8-13-6-9-14(10-7-13)17(2)3/h6-11H,5,12H2,1-4H3. The van der Waals surface area contributed by atoms with E-state index in [-0.39, 0.29) is 12.5 Å². The fourth-order valence-electron chi connectivity index (χ4n) is 1.66. The van der Waals surface area contributed by atoms with E-state index in [4.69, 9.17) is 4.74 Å². The molecule has 21 heavy (non-hydrogen) atoms. The number of amides is 1. The van der Waals surface area contributed by atoms with Crippen molar-refractivity contribution in [3.05, 3.63) is 35.9 Å². The van der Waals surface area contributed by atoms with Crippen LogP contribution in [0.5, 0.6) is 0 Å². The summed E-state index contributed by atoms with van der Waals surface area (Å²) in [4.78, 5) is 26.5. The molecule has 1 amide bonds. The quantitative estimate of drug-likeness (QED) is 0.592. The molecule has 0 saturated carbocycles. The highest BCUT2D eigenvalue weighted by Gasteiger charge is 2.10. The molecular weight excluding hydrogens is 268 g/mol. The minimum atomic E-state index is -0.405. The molecule has 0 atom stereocenters. The molecule has 1 aromatic rings. The fraction of sp³-hybridized carbons (Fsp3) is 0.375. The average molecular weight is 290 g/mol. The topological polar surface area (TPSA) is 49.9 Å². The third-order valence-electron chi connectivity index (χ3n) is 2.88. The summed E-state index contributed by atoms with van der Waals surface area (Å²) in [6.07, 6.45) is 3.17. The zero-order valence-electron chi connectivity index (χ0n) is 13.0. The van der Waals surface area contributed by atoms with Gasteiger partial charge in [-0.3, -0.25) is 9.59 Å². The van der Waals surface area contributed by atoms with Crippen molar-refractivity contribution in [2.75, 3.05) is 39.2 Å². The SMILES string of the molecule is CCOC(=O)CN(C)C(=O)C=Cc1ccc(N(C)C)cc1. The van der Waals surface area contributed by atoms with E-state index >= 15 is 0 Å². The highest BCUT2D eigenvalue weighted by Crippen LogP contribution is 2.13. The van der Waals surface area contributed by atoms with Crippen LogP contribution in [0.1, 0.15) is 12.5 Å². The number of hydrogen-bond acceptors (Lipinski definition) is 4. The molecule has 0 unspecified atom stereocenters. The van der Waals surface area contributed by atoms with E-state index in [0.29, 0.717) is 6.61 Å². The third-order valence-corrected chi connectivity index (χ3v) is 2.88. The lowest BCUT2D eigenvalue weighted by atomic mass is 10.2. The zero-order chi connectivity index (χ0) is 15.8. The monoisotopic (exact) mass is 290 g/mol. The molecule has 0 heterocycles. The Kier molecular flexibility index (Phi) is 6.46. The lowest BCUT2D eigenvalue weighted by Gasteiger charge is -2.13. The van der Waals surface area contributed by atoms with Crippen LogP contribution in [0.15, 0.2) is 30.3 Å². The largest absolute Gasteiger partial charge is 0.465 e. The number of rotatable bonds is 6. The summed E-state index contributed by atoms with van der Waals surface area (Å²) in [7, 11) is 5.51. The van der Waals surface area contributed by atoms with E-state index in [1.165, 1.54) is 11.0 Å². The second-order valence-corrected chi connectivity index (χ2v) is 4.82. The van der Waals surface area contributed by atoms with Crippen molar-refractivity contribution in [2.45, 2.75) is 6.92 Å². The van der Waals surface area contributed by atoms with Gasteiger partial charge in [0.05, 0.1) is 6.61 Å². The Morgan fingerprint density at radius 2 is 1.76 bits per heavy atom. The number of hydrogen-bond donors (Lipinski definition) is 0. The van der Waals surface area contributed by atoms with Gasteiger partial charge in [-0.1, -0.05) is 12.1 Å². The molecule has 1 rings (SSSR count). The van der Waals surface area contributed by atoms with Gasteiger partial charge >= 0.3 is 5.97 Å². The van der Waals surface area contributed by atoms with Gasteiger partial charge in [0.1, 0.15) is 6.54 Å². The van der Waals surface area contributed by atoms with E-state index in [1.807, 2.05) is 43.3 Å². The molecule has 0 fully saturated rings. The van der Waals surface area contributed by atoms with Gasteiger partial charge < -0.3 is 14.5 Å². The summed E-state index contributed by atoms with van der Waals surface area (Å²) in [6, 6.07) is 7.83. The number of likely N-dealkylation sites (N-methyl/N-ethyl adjacent to an activating group) is 1. The summed E-state index contributed by atoms with van der Waals surface area (Å²) in [6.45, 7) is 2.00. The van der Waals surface area contributed by atoms with Crippen LogP contribution < -0.4 is 4.90 Å². The van der Waals surface area contributed by atoms with Gasteiger partial charge in [-0.05, 0) is 30.7 Å². The maximum Gasteiger partial charge on any atom is 0.325 e. The van der Waals surface area contributed by atoms with Crippen LogP contribution in [0.4, 0.5) is 5.69 Å². The van der Waals surface area contributed by atoms with Crippen LogP contribution in [0.25, 0.3) is 6.08 Å². The molecular formula is C16H22N2O3. The van der Waals surface area contributed by atoms with Crippen LogP contribution in [-0.4, -0.2) is 51.1 Å². The van der Waals surface area contributed by atoms with Crippen LogP contribution in [0, 0.1) is 0 Å². The molecule has 5 heteroatoms. The van der Waals surface area contributed by atoms with Gasteiger partial charge in [0.2, 0.25) is 5.91 Å². The summed E-state index contributed by atoms with van der Waals surface area (Å²) in [5.41, 5.74) is 2.02. The molecule has 0 aromatic heterocycles. The maximum atomic E-state index is 11.9. The molecule has 114 valence electrons. The van der Waals surface area contributed by atoms with Crippen molar-refractivity contribution in [1.29, 1.82) is 0 Å². The smallest absolute Gasteiger partial charge is 0.325 e. The van der Waals surface area contributed by atoms with E-state index < -0.39 is 5.97 Å². The van der Waals surface area contributed by atoms with Crippen molar-refractivity contribution in [1.82, 2.24) is 4.90 Å². The molecule has 0 aliphatic carbocycles. The maximum absolute atomic E-state index is 11.9. The highest BCUT2D eigenvalue weighted by atomic mass is 16.5. The first kappa shape index (κ1) is 16.8. The molecule has 0 spiro atoms. The Bertz CT molecular complexity index is 507. The Morgan fingerprint density at radius 3 is 2.29 bits per heavy atom. The summed E-state index contributed by atoms with van der Waals surface area (Å²) >= 11 is 0. The zero-order valence-corrected chi connectivity index (χ0v) is 13.0. The summed E-state index contributed by atoms with van der Waals surface area (Å²) < 4.78 is 4.80. The van der Waals surface area contributed by atoms with Crippen molar-refractivity contribution in [3.63, 3.8) is 0 Å². The number of ether oxygens (including phenoxy) is 1. The predicted molar refractivity (Wildman–Crippen MR) is 84.1 cm³/mol. The Balaban J connectivity index is 2.58. The number of anilines is 1. The van der Waals surface area contributed by atoms with Gasteiger partial charge in [-0.15, -0.1) is 0 Å². The van der Waals surface area contributed by atoms with Crippen molar-refractivity contribution < 1.29 is 14.3 Å². The van der Waals surface area contributed by atoms with Crippen LogP contribution in [0.3, 0.4) is 0 Å². The highest BCUT2D eigenvalue weighted by molar-refractivity contribution is 5.93. The van der Waals surface area contributed by atoms with Crippen molar-refractivity contribution >= 4 is 23.6 Å². The van der Waals surface area contributed by atoms with E-state index in [0.717, 1.165) is 11.3 Å². The first-order chi connectivity index (χ1) is 9.93. The molecule has 0 radical (unpaired) electrons. The molecule has 5 nitrogen and oxygen atoms in total. The van der Waals surface area contributed by atoms with Gasteiger partial charge in [0.15, 0.2) is 0 Å². The Hall–Kier alpha value is -2.30. The van der Waals surface area contributed by atoms with Gasteiger partial charge in [0, 0.05) is 32.9 Å². The minimum Gasteiger partial charge on any atom is -0.465 e. The summed E-state index contributed by atoms with van der Waals surface area (Å²) in [5.74, 6) is -0.642. The predicted octanol–water partition coefficient (Wildman–Crippen LogP) is 1.79. The molecule has 1 aromatic carbocycles. The van der Waals surface area contributed by atoms with Crippen LogP contribution in [0.2, 0.25) is 0 Å². The number of carbonyl (C=O) groups is 2. The second kappa shape index (κ2) is 8.09. The normalized spacial score (nSPS) is 10.5. The number of esters is 1. The Labute approximate surface area is 125 Å². The Morgan fingerprint density at radius 1 is 1.14 bits per heavy atom.